The number of anilines is 2. The zero-order valence-electron chi connectivity index (χ0n) is 18.1. The van der Waals surface area contributed by atoms with Gasteiger partial charge in [-0.1, -0.05) is 31.2 Å². The number of carbonyl (C=O) groups excluding carboxylic acids is 1. The van der Waals surface area contributed by atoms with Crippen LogP contribution in [-0.4, -0.2) is 32.7 Å². The van der Waals surface area contributed by atoms with Crippen molar-refractivity contribution in [3.63, 3.8) is 0 Å². The van der Waals surface area contributed by atoms with Gasteiger partial charge in [0.05, 0.1) is 24.4 Å². The first kappa shape index (κ1) is 22.2. The summed E-state index contributed by atoms with van der Waals surface area (Å²) in [4.78, 5) is 20.9. The van der Waals surface area contributed by atoms with Crippen molar-refractivity contribution in [2.45, 2.75) is 46.3 Å². The Morgan fingerprint density at radius 1 is 1.23 bits per heavy atom. The average Bonchev–Trinajstić information content (AvgIpc) is 3.06. The average molecular weight is 426 g/mol. The number of hydrogen-bond acceptors (Lipinski definition) is 6. The van der Waals surface area contributed by atoms with Gasteiger partial charge < -0.3 is 16.0 Å². The highest BCUT2D eigenvalue weighted by molar-refractivity contribution is 5.76. The maximum absolute atomic E-state index is 15.1. The minimum Gasteiger partial charge on any atom is -0.369 e. The minimum absolute atomic E-state index is 0.135. The topological polar surface area (TPSA) is 102 Å². The molecule has 3 aromatic rings. The van der Waals surface area contributed by atoms with E-state index in [1.807, 2.05) is 41.9 Å². The Balaban J connectivity index is 1.69. The van der Waals surface area contributed by atoms with Gasteiger partial charge in [0, 0.05) is 20.1 Å². The summed E-state index contributed by atoms with van der Waals surface area (Å²) in [5, 5.41) is 7.52. The van der Waals surface area contributed by atoms with Crippen LogP contribution >= 0.6 is 0 Å². The van der Waals surface area contributed by atoms with Crippen LogP contribution < -0.4 is 16.0 Å². The lowest BCUT2D eigenvalue weighted by Gasteiger charge is -2.20. The quantitative estimate of drug-likeness (QED) is 0.518. The van der Waals surface area contributed by atoms with Crippen LogP contribution in [-0.2, 0) is 30.8 Å². The van der Waals surface area contributed by atoms with E-state index in [0.29, 0.717) is 13.1 Å². The zero-order valence-corrected chi connectivity index (χ0v) is 18.1. The van der Waals surface area contributed by atoms with Crippen LogP contribution in [0.3, 0.4) is 0 Å². The standard InChI is InChI=1S/C22H28FN7O/c1-4-9-30-18(10-15(2)28-30)13-29(3)22-20(23)21(26-14-27-22)25-12-17-7-5-16(6-8-17)11-19(24)31/h5-8,10,14H,4,9,11-13H2,1-3H3,(H2,24,31)(H,25,26,27). The number of nitrogens with two attached hydrogens (primary N) is 1. The summed E-state index contributed by atoms with van der Waals surface area (Å²) in [6.07, 6.45) is 2.51. The summed E-state index contributed by atoms with van der Waals surface area (Å²) < 4.78 is 17.0. The molecular formula is C22H28FN7O. The maximum atomic E-state index is 15.1. The Morgan fingerprint density at radius 3 is 2.61 bits per heavy atom. The summed E-state index contributed by atoms with van der Waals surface area (Å²) >= 11 is 0. The van der Waals surface area contributed by atoms with Gasteiger partial charge >= 0.3 is 0 Å². The van der Waals surface area contributed by atoms with Crippen molar-refractivity contribution in [3.8, 4) is 0 Å². The first-order chi connectivity index (χ1) is 14.9. The van der Waals surface area contributed by atoms with Gasteiger partial charge in [-0.3, -0.25) is 9.48 Å². The van der Waals surface area contributed by atoms with Crippen LogP contribution in [0.5, 0.6) is 0 Å². The van der Waals surface area contributed by atoms with Crippen molar-refractivity contribution in [2.75, 3.05) is 17.3 Å². The van der Waals surface area contributed by atoms with Crippen LogP contribution in [0.4, 0.5) is 16.0 Å². The fourth-order valence-corrected chi connectivity index (χ4v) is 3.36. The molecule has 0 saturated carbocycles. The van der Waals surface area contributed by atoms with Crippen LogP contribution in [0.2, 0.25) is 0 Å². The number of halogens is 1. The summed E-state index contributed by atoms with van der Waals surface area (Å²) in [6.45, 7) is 5.72. The number of aryl methyl sites for hydroxylation is 2. The summed E-state index contributed by atoms with van der Waals surface area (Å²) in [5.74, 6) is -0.528. The highest BCUT2D eigenvalue weighted by atomic mass is 19.1. The lowest BCUT2D eigenvalue weighted by Crippen LogP contribution is -2.22. The zero-order chi connectivity index (χ0) is 22.4. The number of primary amides is 1. The van der Waals surface area contributed by atoms with Crippen molar-refractivity contribution in [1.82, 2.24) is 19.7 Å². The Bertz CT molecular complexity index is 1030. The maximum Gasteiger partial charge on any atom is 0.221 e. The van der Waals surface area contributed by atoms with E-state index in [-0.39, 0.29) is 24.0 Å². The molecule has 0 saturated heterocycles. The third-order valence-corrected chi connectivity index (χ3v) is 4.81. The Hall–Kier alpha value is -3.49. The smallest absolute Gasteiger partial charge is 0.221 e. The van der Waals surface area contributed by atoms with Gasteiger partial charge in [-0.05, 0) is 30.5 Å². The Labute approximate surface area is 181 Å². The minimum atomic E-state index is -0.506. The second-order valence-corrected chi connectivity index (χ2v) is 7.53. The van der Waals surface area contributed by atoms with Crippen LogP contribution in [0.1, 0.15) is 35.9 Å². The van der Waals surface area contributed by atoms with Crippen LogP contribution in [0.15, 0.2) is 36.7 Å². The van der Waals surface area contributed by atoms with Gasteiger partial charge in [0.1, 0.15) is 6.33 Å². The Kier molecular flexibility index (Phi) is 7.17. The molecule has 0 fully saturated rings. The SMILES string of the molecule is CCCn1nc(C)cc1CN(C)c1ncnc(NCc2ccc(CC(N)=O)cc2)c1F. The molecule has 9 heteroatoms. The van der Waals surface area contributed by atoms with E-state index in [1.54, 1.807) is 11.9 Å². The van der Waals surface area contributed by atoms with Crippen molar-refractivity contribution in [1.29, 1.82) is 0 Å². The van der Waals surface area contributed by atoms with Crippen LogP contribution in [0, 0.1) is 12.7 Å². The van der Waals surface area contributed by atoms with E-state index in [4.69, 9.17) is 5.73 Å². The van der Waals surface area contributed by atoms with Gasteiger partial charge in [-0.2, -0.15) is 9.49 Å². The molecule has 0 aliphatic heterocycles. The molecule has 0 aliphatic rings. The molecule has 1 aromatic carbocycles. The largest absolute Gasteiger partial charge is 0.369 e. The molecule has 2 aromatic heterocycles. The van der Waals surface area contributed by atoms with E-state index < -0.39 is 5.82 Å². The first-order valence-corrected chi connectivity index (χ1v) is 10.2. The van der Waals surface area contributed by atoms with E-state index in [0.717, 1.165) is 35.5 Å². The molecule has 0 bridgehead atoms. The number of amides is 1. The van der Waals surface area contributed by atoms with E-state index in [9.17, 15) is 4.79 Å². The molecule has 1 amide bonds. The molecule has 0 radical (unpaired) electrons. The molecule has 0 unspecified atom stereocenters. The molecule has 0 atom stereocenters. The van der Waals surface area contributed by atoms with Crippen molar-refractivity contribution in [2.24, 2.45) is 5.73 Å². The van der Waals surface area contributed by atoms with Gasteiger partial charge in [0.15, 0.2) is 11.6 Å². The number of aromatic nitrogens is 4. The molecule has 0 spiro atoms. The van der Waals surface area contributed by atoms with Gasteiger partial charge in [-0.15, -0.1) is 0 Å². The number of rotatable bonds is 10. The number of benzene rings is 1. The van der Waals surface area contributed by atoms with E-state index in [2.05, 4.69) is 27.3 Å². The van der Waals surface area contributed by atoms with Crippen molar-refractivity contribution in [3.05, 3.63) is 65.0 Å². The molecule has 3 N–H and O–H groups in total. The normalized spacial score (nSPS) is 10.8. The predicted octanol–water partition coefficient (Wildman–Crippen LogP) is 2.81. The highest BCUT2D eigenvalue weighted by Crippen LogP contribution is 2.22. The molecule has 3 rings (SSSR count). The number of carbonyl (C=O) groups is 1. The fraction of sp³-hybridized carbons (Fsp3) is 0.364. The second kappa shape index (κ2) is 10.0. The highest BCUT2D eigenvalue weighted by Gasteiger charge is 2.17. The first-order valence-electron chi connectivity index (χ1n) is 10.2. The van der Waals surface area contributed by atoms with Crippen molar-refractivity contribution >= 4 is 17.5 Å². The molecular weight excluding hydrogens is 397 g/mol. The van der Waals surface area contributed by atoms with Gasteiger partial charge in [0.2, 0.25) is 11.7 Å². The third-order valence-electron chi connectivity index (χ3n) is 4.81. The van der Waals surface area contributed by atoms with E-state index >= 15 is 4.39 Å². The fourth-order valence-electron chi connectivity index (χ4n) is 3.36. The number of nitrogens with zero attached hydrogens (tertiary/aromatic N) is 5. The number of nitrogens with one attached hydrogen (secondary N) is 1. The summed E-state index contributed by atoms with van der Waals surface area (Å²) in [5.41, 5.74) is 8.92. The second-order valence-electron chi connectivity index (χ2n) is 7.53. The molecule has 2 heterocycles. The van der Waals surface area contributed by atoms with Crippen LogP contribution in [0.25, 0.3) is 0 Å². The number of hydrogen-bond donors (Lipinski definition) is 2. The lowest BCUT2D eigenvalue weighted by molar-refractivity contribution is -0.117. The molecule has 164 valence electrons. The summed E-state index contributed by atoms with van der Waals surface area (Å²) in [7, 11) is 1.80. The lowest BCUT2D eigenvalue weighted by atomic mass is 10.1. The molecule has 31 heavy (non-hydrogen) atoms. The van der Waals surface area contributed by atoms with Gasteiger partial charge in [0.25, 0.3) is 0 Å². The Morgan fingerprint density at radius 2 is 1.94 bits per heavy atom. The summed E-state index contributed by atoms with van der Waals surface area (Å²) in [6, 6.07) is 9.41. The van der Waals surface area contributed by atoms with E-state index in [1.165, 1.54) is 6.33 Å². The monoisotopic (exact) mass is 425 g/mol. The van der Waals surface area contributed by atoms with Gasteiger partial charge in [-0.25, -0.2) is 9.97 Å². The predicted molar refractivity (Wildman–Crippen MR) is 118 cm³/mol. The molecule has 0 aliphatic carbocycles. The molecule has 8 nitrogen and oxygen atoms in total. The van der Waals surface area contributed by atoms with Crippen molar-refractivity contribution < 1.29 is 9.18 Å². The third kappa shape index (κ3) is 5.78.